The molecule has 0 aliphatic rings. The van der Waals surface area contributed by atoms with Crippen LogP contribution in [0.1, 0.15) is 11.3 Å². The van der Waals surface area contributed by atoms with Crippen LogP contribution in [0.2, 0.25) is 0 Å². The molecule has 0 spiro atoms. The first-order valence-electron chi connectivity index (χ1n) is 6.11. The molecule has 3 nitrogen and oxygen atoms in total. The van der Waals surface area contributed by atoms with Gasteiger partial charge in [-0.05, 0) is 42.7 Å². The Morgan fingerprint density at radius 2 is 2.05 bits per heavy atom. The van der Waals surface area contributed by atoms with E-state index in [1.54, 1.807) is 29.7 Å². The number of aromatic nitrogens is 2. The van der Waals surface area contributed by atoms with Gasteiger partial charge >= 0.3 is 0 Å². The van der Waals surface area contributed by atoms with Gasteiger partial charge in [0.05, 0.1) is 5.69 Å². The topological polar surface area (TPSA) is 37.5 Å². The number of benzene rings is 1. The summed E-state index contributed by atoms with van der Waals surface area (Å²) < 4.78 is 15.1. The van der Waals surface area contributed by atoms with Crippen molar-refractivity contribution in [3.05, 3.63) is 47.4 Å². The van der Waals surface area contributed by atoms with Gasteiger partial charge in [0.15, 0.2) is 4.96 Å². The van der Waals surface area contributed by atoms with Crippen LogP contribution >= 0.6 is 11.3 Å². The van der Waals surface area contributed by atoms with Crippen molar-refractivity contribution in [2.24, 2.45) is 0 Å². The third-order valence-corrected chi connectivity index (χ3v) is 4.13. The van der Waals surface area contributed by atoms with Crippen LogP contribution in [0.5, 0.6) is 0 Å². The Morgan fingerprint density at radius 1 is 1.26 bits per heavy atom. The van der Waals surface area contributed by atoms with E-state index in [4.69, 9.17) is 5.11 Å². The van der Waals surface area contributed by atoms with Crippen molar-refractivity contribution in [1.82, 2.24) is 9.38 Å². The molecule has 0 fully saturated rings. The first-order valence-corrected chi connectivity index (χ1v) is 6.93. The molecule has 0 atom stereocenters. The standard InChI is InChI=1S/C14H13FN2OS/c15-11-5-3-10(4-6-11)13-12(2-1-9-18)19-14-16-7-8-17(13)14/h3-8,18H,1-2,9H2. The van der Waals surface area contributed by atoms with E-state index < -0.39 is 0 Å². The summed E-state index contributed by atoms with van der Waals surface area (Å²) in [6.45, 7) is 0.170. The van der Waals surface area contributed by atoms with Gasteiger partial charge in [-0.25, -0.2) is 9.37 Å². The van der Waals surface area contributed by atoms with E-state index in [1.165, 1.54) is 17.0 Å². The average Bonchev–Trinajstić information content (AvgIpc) is 2.98. The lowest BCUT2D eigenvalue weighted by molar-refractivity contribution is 0.289. The summed E-state index contributed by atoms with van der Waals surface area (Å²) in [7, 11) is 0. The van der Waals surface area contributed by atoms with Gasteiger partial charge in [0.1, 0.15) is 5.82 Å². The van der Waals surface area contributed by atoms with E-state index in [9.17, 15) is 4.39 Å². The maximum Gasteiger partial charge on any atom is 0.194 e. The molecule has 0 amide bonds. The van der Waals surface area contributed by atoms with Crippen LogP contribution < -0.4 is 0 Å². The molecule has 2 heterocycles. The van der Waals surface area contributed by atoms with Crippen LogP contribution in [-0.2, 0) is 6.42 Å². The molecule has 5 heteroatoms. The summed E-state index contributed by atoms with van der Waals surface area (Å²) in [5.41, 5.74) is 2.02. The number of rotatable bonds is 4. The van der Waals surface area contributed by atoms with Gasteiger partial charge in [-0.1, -0.05) is 0 Å². The summed E-state index contributed by atoms with van der Waals surface area (Å²) in [4.78, 5) is 6.39. The SMILES string of the molecule is OCCCc1sc2nccn2c1-c1ccc(F)cc1. The largest absolute Gasteiger partial charge is 0.396 e. The van der Waals surface area contributed by atoms with Gasteiger partial charge in [0.25, 0.3) is 0 Å². The van der Waals surface area contributed by atoms with Crippen LogP contribution in [0, 0.1) is 5.82 Å². The molecule has 3 aromatic rings. The van der Waals surface area contributed by atoms with Crippen molar-refractivity contribution in [3.63, 3.8) is 0 Å². The number of hydrogen-bond acceptors (Lipinski definition) is 3. The van der Waals surface area contributed by atoms with E-state index in [1.807, 2.05) is 10.6 Å². The predicted octanol–water partition coefficient (Wildman–Crippen LogP) is 3.13. The number of nitrogens with zero attached hydrogens (tertiary/aromatic N) is 2. The second-order valence-electron chi connectivity index (χ2n) is 4.29. The molecule has 3 rings (SSSR count). The first-order chi connectivity index (χ1) is 9.29. The molecular formula is C14H13FN2OS. The predicted molar refractivity (Wildman–Crippen MR) is 73.9 cm³/mol. The zero-order valence-corrected chi connectivity index (χ0v) is 11.0. The minimum absolute atomic E-state index is 0.170. The third kappa shape index (κ3) is 2.27. The number of aliphatic hydroxyl groups excluding tert-OH is 1. The Kier molecular flexibility index (Phi) is 3.31. The number of thiazole rings is 1. The van der Waals surface area contributed by atoms with Gasteiger partial charge in [-0.2, -0.15) is 0 Å². The highest BCUT2D eigenvalue weighted by molar-refractivity contribution is 7.17. The Hall–Kier alpha value is -1.72. The van der Waals surface area contributed by atoms with E-state index in [-0.39, 0.29) is 12.4 Å². The average molecular weight is 276 g/mol. The summed E-state index contributed by atoms with van der Waals surface area (Å²) in [5, 5.41) is 8.98. The van der Waals surface area contributed by atoms with Crippen LogP contribution in [0.25, 0.3) is 16.2 Å². The molecule has 0 aliphatic carbocycles. The van der Waals surface area contributed by atoms with Crippen molar-refractivity contribution >= 4 is 16.3 Å². The van der Waals surface area contributed by atoms with Crippen molar-refractivity contribution < 1.29 is 9.50 Å². The lowest BCUT2D eigenvalue weighted by atomic mass is 10.1. The van der Waals surface area contributed by atoms with Gasteiger partial charge in [0.2, 0.25) is 0 Å². The normalized spacial score (nSPS) is 11.3. The Labute approximate surface area is 114 Å². The minimum atomic E-state index is -0.238. The molecule has 0 aliphatic heterocycles. The number of fused-ring (bicyclic) bond motifs is 1. The zero-order chi connectivity index (χ0) is 13.2. The lowest BCUT2D eigenvalue weighted by Gasteiger charge is -2.04. The molecule has 2 aromatic heterocycles. The first kappa shape index (κ1) is 12.3. The summed E-state index contributed by atoms with van der Waals surface area (Å²) in [5.74, 6) is -0.238. The number of hydrogen-bond donors (Lipinski definition) is 1. The highest BCUT2D eigenvalue weighted by Gasteiger charge is 2.14. The van der Waals surface area contributed by atoms with E-state index in [0.717, 1.165) is 29.1 Å². The molecule has 1 aromatic carbocycles. The van der Waals surface area contributed by atoms with Crippen LogP contribution in [0.15, 0.2) is 36.7 Å². The molecular weight excluding hydrogens is 263 g/mol. The van der Waals surface area contributed by atoms with Crippen LogP contribution in [0.4, 0.5) is 4.39 Å². The van der Waals surface area contributed by atoms with Gasteiger partial charge < -0.3 is 5.11 Å². The summed E-state index contributed by atoms with van der Waals surface area (Å²) >= 11 is 1.62. The number of aryl methyl sites for hydroxylation is 1. The number of halogens is 1. The maximum absolute atomic E-state index is 13.0. The summed E-state index contributed by atoms with van der Waals surface area (Å²) in [6.07, 6.45) is 5.19. The van der Waals surface area contributed by atoms with Gasteiger partial charge in [-0.15, -0.1) is 11.3 Å². The molecule has 1 N–H and O–H groups in total. The lowest BCUT2D eigenvalue weighted by Crippen LogP contribution is -1.92. The molecule has 19 heavy (non-hydrogen) atoms. The molecule has 0 saturated carbocycles. The van der Waals surface area contributed by atoms with Gasteiger partial charge in [0, 0.05) is 23.9 Å². The quantitative estimate of drug-likeness (QED) is 0.795. The highest BCUT2D eigenvalue weighted by atomic mass is 32.1. The monoisotopic (exact) mass is 276 g/mol. The molecule has 0 radical (unpaired) electrons. The number of aliphatic hydroxyl groups is 1. The Bertz CT molecular complexity index is 687. The van der Waals surface area contributed by atoms with Crippen molar-refractivity contribution in [2.45, 2.75) is 12.8 Å². The fraction of sp³-hybridized carbons (Fsp3) is 0.214. The van der Waals surface area contributed by atoms with Gasteiger partial charge in [-0.3, -0.25) is 4.40 Å². The number of imidazole rings is 1. The van der Waals surface area contributed by atoms with E-state index in [2.05, 4.69) is 4.98 Å². The van der Waals surface area contributed by atoms with Crippen molar-refractivity contribution in [1.29, 1.82) is 0 Å². The Morgan fingerprint density at radius 3 is 2.79 bits per heavy atom. The van der Waals surface area contributed by atoms with Crippen LogP contribution in [-0.4, -0.2) is 21.1 Å². The highest BCUT2D eigenvalue weighted by Crippen LogP contribution is 2.32. The second kappa shape index (κ2) is 5.11. The fourth-order valence-electron chi connectivity index (χ4n) is 2.15. The smallest absolute Gasteiger partial charge is 0.194 e. The van der Waals surface area contributed by atoms with Crippen LogP contribution in [0.3, 0.4) is 0 Å². The fourth-order valence-corrected chi connectivity index (χ4v) is 3.29. The van der Waals surface area contributed by atoms with E-state index in [0.29, 0.717) is 0 Å². The summed E-state index contributed by atoms with van der Waals surface area (Å²) in [6, 6.07) is 6.48. The molecule has 0 bridgehead atoms. The van der Waals surface area contributed by atoms with Crippen molar-refractivity contribution in [3.8, 4) is 11.3 Å². The van der Waals surface area contributed by atoms with Crippen molar-refractivity contribution in [2.75, 3.05) is 6.61 Å². The Balaban J connectivity index is 2.13. The molecule has 98 valence electrons. The third-order valence-electron chi connectivity index (χ3n) is 3.01. The molecule has 0 unspecified atom stereocenters. The molecule has 0 saturated heterocycles. The second-order valence-corrected chi connectivity index (χ2v) is 5.35. The maximum atomic E-state index is 13.0. The zero-order valence-electron chi connectivity index (χ0n) is 10.2. The van der Waals surface area contributed by atoms with E-state index >= 15 is 0 Å². The minimum Gasteiger partial charge on any atom is -0.396 e.